The fourth-order valence-electron chi connectivity index (χ4n) is 9.90. The van der Waals surface area contributed by atoms with Crippen molar-refractivity contribution in [3.63, 3.8) is 0 Å². The van der Waals surface area contributed by atoms with E-state index in [0.29, 0.717) is 0 Å². The number of benzene rings is 10. The number of hydrogen-bond donors (Lipinski definition) is 0. The van der Waals surface area contributed by atoms with E-state index in [1.54, 1.807) is 0 Å². The number of hydrogen-bond acceptors (Lipinski definition) is 2. The molecule has 2 heteroatoms. The normalized spacial score (nSPS) is 12.3. The molecule has 322 valence electrons. The molecule has 67 heavy (non-hydrogen) atoms. The van der Waals surface area contributed by atoms with Gasteiger partial charge in [-0.05, 0) is 166 Å². The van der Waals surface area contributed by atoms with Crippen molar-refractivity contribution in [2.75, 3.05) is 9.80 Å². The molecule has 0 aliphatic heterocycles. The maximum atomic E-state index is 2.43. The Hall–Kier alpha value is -8.20. The van der Waals surface area contributed by atoms with E-state index in [2.05, 4.69) is 280 Å². The predicted octanol–water partition coefficient (Wildman–Crippen LogP) is 18.2. The summed E-state index contributed by atoms with van der Waals surface area (Å²) in [5, 5.41) is 0. The summed E-state index contributed by atoms with van der Waals surface area (Å²) in [6, 6.07) is 88.8. The Balaban J connectivity index is 0.934. The van der Waals surface area contributed by atoms with Crippen molar-refractivity contribution in [1.82, 2.24) is 0 Å². The van der Waals surface area contributed by atoms with E-state index in [-0.39, 0.29) is 5.41 Å². The molecule has 0 spiro atoms. The molecule has 0 bridgehead atoms. The largest absolute Gasteiger partial charge is 0.310 e. The number of fused-ring (bicyclic) bond motifs is 3. The second-order valence-corrected chi connectivity index (χ2v) is 18.4. The van der Waals surface area contributed by atoms with Crippen LogP contribution in [0.4, 0.5) is 34.1 Å². The third-order valence-electron chi connectivity index (χ3n) is 13.6. The molecule has 1 aliphatic rings. The Bertz CT molecular complexity index is 3120. The Morgan fingerprint density at radius 1 is 0.254 bits per heavy atom. The molecular weight excluding hydrogens is 809 g/mol. The van der Waals surface area contributed by atoms with Gasteiger partial charge in [-0.25, -0.2) is 0 Å². The lowest BCUT2D eigenvalue weighted by Gasteiger charge is -2.29. The molecule has 2 nitrogen and oxygen atoms in total. The molecule has 0 fully saturated rings. The fraction of sp³-hybridized carbons (Fsp3) is 0.0769. The summed E-state index contributed by atoms with van der Waals surface area (Å²) < 4.78 is 0. The van der Waals surface area contributed by atoms with E-state index in [0.717, 1.165) is 34.1 Å². The highest BCUT2D eigenvalue weighted by Crippen LogP contribution is 2.52. The first-order chi connectivity index (χ1) is 32.8. The second kappa shape index (κ2) is 17.3. The highest BCUT2D eigenvalue weighted by Gasteiger charge is 2.37. The molecule has 10 aromatic carbocycles. The summed E-state index contributed by atoms with van der Waals surface area (Å²) in [5.74, 6) is 0. The molecule has 0 N–H and O–H groups in total. The van der Waals surface area contributed by atoms with Gasteiger partial charge in [0.2, 0.25) is 0 Å². The van der Waals surface area contributed by atoms with Gasteiger partial charge in [0.15, 0.2) is 0 Å². The van der Waals surface area contributed by atoms with Gasteiger partial charge in [0, 0.05) is 39.5 Å². The SMILES string of the molecule is Cc1ccc(N(c2ccc(-c3cccc(-c4ccccc4)c3)cc2)c2ccc3c(c2)C(C)(C)c2cc(N(c4ccc(C)cc4)c4ccc(-c5cccc(-c6ccccc6)c5)cc4)ccc2-3)cc1. The number of nitrogens with zero attached hydrogens (tertiary/aromatic N) is 2. The quantitative estimate of drug-likeness (QED) is 0.135. The first-order valence-electron chi connectivity index (χ1n) is 23.3. The van der Waals surface area contributed by atoms with Crippen molar-refractivity contribution in [2.45, 2.75) is 33.1 Å². The molecule has 0 saturated heterocycles. The zero-order valence-electron chi connectivity index (χ0n) is 38.5. The van der Waals surface area contributed by atoms with E-state index in [9.17, 15) is 0 Å². The fourth-order valence-corrected chi connectivity index (χ4v) is 9.90. The summed E-state index contributed by atoms with van der Waals surface area (Å²) in [5.41, 5.74) is 23.9. The van der Waals surface area contributed by atoms with Gasteiger partial charge in [0.05, 0.1) is 0 Å². The maximum Gasteiger partial charge on any atom is 0.0465 e. The number of anilines is 6. The van der Waals surface area contributed by atoms with Gasteiger partial charge in [0.25, 0.3) is 0 Å². The minimum atomic E-state index is -0.254. The van der Waals surface area contributed by atoms with E-state index in [1.165, 1.54) is 77.9 Å². The van der Waals surface area contributed by atoms with Crippen LogP contribution in [0.2, 0.25) is 0 Å². The van der Waals surface area contributed by atoms with Gasteiger partial charge < -0.3 is 9.80 Å². The van der Waals surface area contributed by atoms with Gasteiger partial charge in [0.1, 0.15) is 0 Å². The molecule has 11 rings (SSSR count). The van der Waals surface area contributed by atoms with E-state index >= 15 is 0 Å². The van der Waals surface area contributed by atoms with E-state index in [1.807, 2.05) is 0 Å². The standard InChI is InChI=1S/C65H52N2/c1-45-21-29-55(30-22-45)66(57-33-25-49(26-34-57)53-19-11-17-51(41-53)47-13-7-5-8-14-47)59-37-39-61-62-40-38-60(44-64(62)65(3,4)63(61)43-59)67(56-31-23-46(2)24-32-56)58-35-27-50(28-36-58)54-20-12-18-52(42-54)48-15-9-6-10-16-48/h5-44H,1-4H3. The van der Waals surface area contributed by atoms with Gasteiger partial charge in [-0.15, -0.1) is 0 Å². The monoisotopic (exact) mass is 860 g/mol. The minimum Gasteiger partial charge on any atom is -0.310 e. The van der Waals surface area contributed by atoms with Crippen LogP contribution in [-0.4, -0.2) is 0 Å². The molecule has 0 amide bonds. The topological polar surface area (TPSA) is 6.48 Å². The number of rotatable bonds is 10. The van der Waals surface area contributed by atoms with Crippen molar-refractivity contribution in [2.24, 2.45) is 0 Å². The molecule has 0 heterocycles. The van der Waals surface area contributed by atoms with Crippen molar-refractivity contribution in [1.29, 1.82) is 0 Å². The lowest BCUT2D eigenvalue weighted by molar-refractivity contribution is 0.660. The van der Waals surface area contributed by atoms with Crippen LogP contribution in [0.3, 0.4) is 0 Å². The first-order valence-corrected chi connectivity index (χ1v) is 23.3. The average Bonchev–Trinajstić information content (AvgIpc) is 3.60. The van der Waals surface area contributed by atoms with Gasteiger partial charge in [-0.3, -0.25) is 0 Å². The van der Waals surface area contributed by atoms with Gasteiger partial charge in [-0.1, -0.05) is 183 Å². The van der Waals surface area contributed by atoms with E-state index < -0.39 is 0 Å². The lowest BCUT2D eigenvalue weighted by atomic mass is 9.82. The average molecular weight is 861 g/mol. The third kappa shape index (κ3) is 8.02. The molecule has 0 aromatic heterocycles. The second-order valence-electron chi connectivity index (χ2n) is 18.4. The molecular formula is C65H52N2. The smallest absolute Gasteiger partial charge is 0.0465 e. The summed E-state index contributed by atoms with van der Waals surface area (Å²) in [6.07, 6.45) is 0. The summed E-state index contributed by atoms with van der Waals surface area (Å²) in [4.78, 5) is 4.80. The summed E-state index contributed by atoms with van der Waals surface area (Å²) >= 11 is 0. The van der Waals surface area contributed by atoms with Crippen molar-refractivity contribution >= 4 is 34.1 Å². The first kappa shape index (κ1) is 41.5. The molecule has 0 radical (unpaired) electrons. The van der Waals surface area contributed by atoms with Gasteiger partial charge in [-0.2, -0.15) is 0 Å². The molecule has 0 saturated carbocycles. The molecule has 10 aromatic rings. The zero-order valence-corrected chi connectivity index (χ0v) is 38.5. The molecule has 0 atom stereocenters. The predicted molar refractivity (Wildman–Crippen MR) is 285 cm³/mol. The van der Waals surface area contributed by atoms with Crippen molar-refractivity contribution in [3.05, 3.63) is 265 Å². The van der Waals surface area contributed by atoms with Crippen LogP contribution in [0.25, 0.3) is 55.6 Å². The van der Waals surface area contributed by atoms with Gasteiger partial charge >= 0.3 is 0 Å². The van der Waals surface area contributed by atoms with Crippen molar-refractivity contribution < 1.29 is 0 Å². The summed E-state index contributed by atoms with van der Waals surface area (Å²) in [7, 11) is 0. The highest BCUT2D eigenvalue weighted by molar-refractivity contribution is 5.89. The Labute approximate surface area is 395 Å². The summed E-state index contributed by atoms with van der Waals surface area (Å²) in [6.45, 7) is 9.07. The van der Waals surface area contributed by atoms with Crippen LogP contribution in [-0.2, 0) is 5.41 Å². The lowest BCUT2D eigenvalue weighted by Crippen LogP contribution is -2.17. The molecule has 1 aliphatic carbocycles. The van der Waals surface area contributed by atoms with E-state index in [4.69, 9.17) is 0 Å². The highest BCUT2D eigenvalue weighted by atomic mass is 15.1. The third-order valence-corrected chi connectivity index (χ3v) is 13.6. The van der Waals surface area contributed by atoms with Crippen LogP contribution in [0.1, 0.15) is 36.1 Å². The van der Waals surface area contributed by atoms with Crippen LogP contribution in [0.15, 0.2) is 243 Å². The van der Waals surface area contributed by atoms with Crippen LogP contribution in [0, 0.1) is 13.8 Å². The minimum absolute atomic E-state index is 0.254. The zero-order chi connectivity index (χ0) is 45.5. The Kier molecular flexibility index (Phi) is 10.7. The number of aryl methyl sites for hydroxylation is 2. The van der Waals surface area contributed by atoms with Crippen LogP contribution >= 0.6 is 0 Å². The molecule has 0 unspecified atom stereocenters. The maximum absolute atomic E-state index is 2.43. The Morgan fingerprint density at radius 2 is 0.537 bits per heavy atom. The Morgan fingerprint density at radius 3 is 0.881 bits per heavy atom. The van der Waals surface area contributed by atoms with Crippen LogP contribution < -0.4 is 9.80 Å². The van der Waals surface area contributed by atoms with Crippen molar-refractivity contribution in [3.8, 4) is 55.6 Å². The van der Waals surface area contributed by atoms with Crippen LogP contribution in [0.5, 0.6) is 0 Å².